The summed E-state index contributed by atoms with van der Waals surface area (Å²) < 4.78 is 40.1. The Hall–Kier alpha value is -4.64. The third-order valence-electron chi connectivity index (χ3n) is 9.65. The number of carbonyl (C=O) groups excluding carboxylic acids is 5. The van der Waals surface area contributed by atoms with Crippen molar-refractivity contribution in [2.24, 2.45) is 17.8 Å². The SMILES string of the molecule is CC(=O)CCC(NC(=O)[C@H](C)CC(=O)C1(NC(=O)[C@@H](CC(=O)c2ccc(-c3ccccc3)cc2)C(C)C)Cc2ccccc2C1)C(O)C(F)(F)F. The van der Waals surface area contributed by atoms with E-state index in [2.05, 4.69) is 10.6 Å². The minimum atomic E-state index is -5.04. The van der Waals surface area contributed by atoms with Crippen LogP contribution < -0.4 is 10.6 Å². The topological polar surface area (TPSA) is 130 Å². The van der Waals surface area contributed by atoms with Crippen LogP contribution in [0, 0.1) is 17.8 Å². The zero-order valence-corrected chi connectivity index (χ0v) is 29.3. The molecule has 2 amide bonds. The van der Waals surface area contributed by atoms with Gasteiger partial charge in [-0.2, -0.15) is 13.2 Å². The number of aliphatic hydroxyl groups is 1. The Bertz CT molecular complexity index is 1700. The monoisotopic (exact) mass is 706 g/mol. The first-order valence-corrected chi connectivity index (χ1v) is 17.2. The van der Waals surface area contributed by atoms with E-state index in [9.17, 15) is 42.3 Å². The molecule has 1 aliphatic rings. The van der Waals surface area contributed by atoms with Crippen molar-refractivity contribution in [1.82, 2.24) is 10.6 Å². The summed E-state index contributed by atoms with van der Waals surface area (Å²) in [6.07, 6.45) is -8.94. The number of carbonyl (C=O) groups is 5. The van der Waals surface area contributed by atoms with E-state index in [0.717, 1.165) is 22.3 Å². The molecule has 4 rings (SSSR count). The largest absolute Gasteiger partial charge is 0.416 e. The van der Waals surface area contributed by atoms with Crippen molar-refractivity contribution in [3.63, 3.8) is 0 Å². The van der Waals surface area contributed by atoms with Crippen LogP contribution in [0.5, 0.6) is 0 Å². The number of hydrogen-bond donors (Lipinski definition) is 3. The summed E-state index contributed by atoms with van der Waals surface area (Å²) in [7, 11) is 0. The molecule has 0 bridgehead atoms. The van der Waals surface area contributed by atoms with Gasteiger partial charge < -0.3 is 20.5 Å². The van der Waals surface area contributed by atoms with E-state index in [4.69, 9.17) is 0 Å². The van der Waals surface area contributed by atoms with Gasteiger partial charge in [0.15, 0.2) is 17.7 Å². The average Bonchev–Trinajstić information content (AvgIpc) is 3.47. The van der Waals surface area contributed by atoms with Gasteiger partial charge in [-0.1, -0.05) is 99.6 Å². The first-order chi connectivity index (χ1) is 24.0. The summed E-state index contributed by atoms with van der Waals surface area (Å²) in [5, 5.41) is 15.0. The lowest BCUT2D eigenvalue weighted by atomic mass is 9.82. The molecule has 51 heavy (non-hydrogen) atoms. The van der Waals surface area contributed by atoms with Gasteiger partial charge in [-0.25, -0.2) is 0 Å². The lowest BCUT2D eigenvalue weighted by Crippen LogP contribution is -2.58. The third kappa shape index (κ3) is 10.00. The van der Waals surface area contributed by atoms with E-state index in [1.165, 1.54) is 13.8 Å². The Morgan fingerprint density at radius 2 is 1.33 bits per heavy atom. The smallest absolute Gasteiger partial charge is 0.382 e. The molecule has 8 nitrogen and oxygen atoms in total. The average molecular weight is 707 g/mol. The summed E-state index contributed by atoms with van der Waals surface area (Å²) >= 11 is 0. The van der Waals surface area contributed by atoms with E-state index in [-0.39, 0.29) is 37.4 Å². The van der Waals surface area contributed by atoms with E-state index in [1.807, 2.05) is 80.6 Å². The number of rotatable bonds is 16. The second-order valence-corrected chi connectivity index (χ2v) is 14.0. The molecule has 0 heterocycles. The van der Waals surface area contributed by atoms with Crippen molar-refractivity contribution in [1.29, 1.82) is 0 Å². The summed E-state index contributed by atoms with van der Waals surface area (Å²) in [4.78, 5) is 66.2. The van der Waals surface area contributed by atoms with Crippen LogP contribution in [0.4, 0.5) is 13.2 Å². The molecule has 272 valence electrons. The first kappa shape index (κ1) is 39.2. The van der Waals surface area contributed by atoms with Crippen LogP contribution in [-0.4, -0.2) is 58.1 Å². The molecule has 0 saturated heterocycles. The van der Waals surface area contributed by atoms with Crippen molar-refractivity contribution in [3.8, 4) is 11.1 Å². The van der Waals surface area contributed by atoms with Gasteiger partial charge in [-0.05, 0) is 41.5 Å². The molecular formula is C40H45F3N2O6. The van der Waals surface area contributed by atoms with Gasteiger partial charge in [0.2, 0.25) is 11.8 Å². The Labute approximate surface area is 296 Å². The predicted octanol–water partition coefficient (Wildman–Crippen LogP) is 6.22. The molecule has 2 unspecified atom stereocenters. The predicted molar refractivity (Wildman–Crippen MR) is 187 cm³/mol. The molecule has 3 N–H and O–H groups in total. The lowest BCUT2D eigenvalue weighted by molar-refractivity contribution is -0.213. The second kappa shape index (κ2) is 16.6. The van der Waals surface area contributed by atoms with Crippen LogP contribution in [-0.2, 0) is 32.0 Å². The van der Waals surface area contributed by atoms with Crippen molar-refractivity contribution in [2.75, 3.05) is 0 Å². The van der Waals surface area contributed by atoms with Gasteiger partial charge in [0.05, 0.1) is 6.04 Å². The molecule has 1 aliphatic carbocycles. The Kier molecular flexibility index (Phi) is 12.7. The maximum atomic E-state index is 14.1. The highest BCUT2D eigenvalue weighted by Crippen LogP contribution is 2.34. The van der Waals surface area contributed by atoms with E-state index in [1.54, 1.807) is 12.1 Å². The Morgan fingerprint density at radius 1 is 0.784 bits per heavy atom. The molecule has 11 heteroatoms. The molecule has 0 aromatic heterocycles. The number of amides is 2. The van der Waals surface area contributed by atoms with E-state index < -0.39 is 71.9 Å². The zero-order chi connectivity index (χ0) is 37.5. The summed E-state index contributed by atoms with van der Waals surface area (Å²) in [5.41, 5.74) is 2.60. The van der Waals surface area contributed by atoms with Gasteiger partial charge in [-0.3, -0.25) is 19.2 Å². The van der Waals surface area contributed by atoms with Crippen LogP contribution in [0.15, 0.2) is 78.9 Å². The fraction of sp³-hybridized carbons (Fsp3) is 0.425. The van der Waals surface area contributed by atoms with Crippen molar-refractivity contribution in [2.45, 2.75) is 90.1 Å². The minimum absolute atomic E-state index is 0.104. The maximum absolute atomic E-state index is 14.1. The number of Topliss-reactive ketones (excluding diaryl/α,β-unsaturated/α-hetero) is 3. The Balaban J connectivity index is 1.51. The fourth-order valence-corrected chi connectivity index (χ4v) is 6.51. The molecule has 3 aromatic carbocycles. The number of alkyl halides is 3. The second-order valence-electron chi connectivity index (χ2n) is 14.0. The standard InChI is InChI=1S/C40H45F3N2O6/c1-24(2)32(21-34(47)29-17-15-28(16-18-29)27-10-6-5-7-11-27)38(51)45-39(22-30-12-8-9-13-31(30)23-39)35(48)20-25(3)37(50)44-33(19-14-26(4)46)36(49)40(41,42)43/h5-13,15-18,24-25,32-33,36,49H,14,19-23H2,1-4H3,(H,44,50)(H,45,51)/t25-,32+,33?,36?/m1/s1. The fourth-order valence-electron chi connectivity index (χ4n) is 6.51. The number of halogens is 3. The highest BCUT2D eigenvalue weighted by atomic mass is 19.4. The van der Waals surface area contributed by atoms with Crippen LogP contribution in [0.25, 0.3) is 11.1 Å². The summed E-state index contributed by atoms with van der Waals surface area (Å²) in [5.74, 6) is -4.71. The van der Waals surface area contributed by atoms with E-state index in [0.29, 0.717) is 5.56 Å². The van der Waals surface area contributed by atoms with Crippen LogP contribution in [0.3, 0.4) is 0 Å². The normalized spacial score (nSPS) is 16.0. The number of hydrogen-bond acceptors (Lipinski definition) is 6. The summed E-state index contributed by atoms with van der Waals surface area (Å²) in [6, 6.07) is 22.4. The number of benzene rings is 3. The molecular weight excluding hydrogens is 661 g/mol. The molecule has 0 fully saturated rings. The van der Waals surface area contributed by atoms with E-state index >= 15 is 0 Å². The van der Waals surface area contributed by atoms with Crippen LogP contribution in [0.2, 0.25) is 0 Å². The van der Waals surface area contributed by atoms with Crippen LogP contribution >= 0.6 is 0 Å². The number of aliphatic hydroxyl groups excluding tert-OH is 1. The van der Waals surface area contributed by atoms with Crippen molar-refractivity contribution < 1.29 is 42.3 Å². The lowest BCUT2D eigenvalue weighted by Gasteiger charge is -2.33. The van der Waals surface area contributed by atoms with Gasteiger partial charge in [0.25, 0.3) is 0 Å². The van der Waals surface area contributed by atoms with Crippen molar-refractivity contribution >= 4 is 29.2 Å². The number of nitrogens with one attached hydrogen (secondary N) is 2. The van der Waals surface area contributed by atoms with Gasteiger partial charge in [-0.15, -0.1) is 0 Å². The molecule has 0 aliphatic heterocycles. The minimum Gasteiger partial charge on any atom is -0.382 e. The number of fused-ring (bicyclic) bond motifs is 1. The zero-order valence-electron chi connectivity index (χ0n) is 29.3. The molecule has 4 atom stereocenters. The van der Waals surface area contributed by atoms with Gasteiger partial charge in [0, 0.05) is 49.5 Å². The first-order valence-electron chi connectivity index (χ1n) is 17.2. The summed E-state index contributed by atoms with van der Waals surface area (Å²) in [6.45, 7) is 6.21. The Morgan fingerprint density at radius 3 is 1.86 bits per heavy atom. The van der Waals surface area contributed by atoms with Gasteiger partial charge >= 0.3 is 6.18 Å². The third-order valence-corrected chi connectivity index (χ3v) is 9.65. The number of ketones is 3. The highest BCUT2D eigenvalue weighted by molar-refractivity contribution is 6.01. The highest BCUT2D eigenvalue weighted by Gasteiger charge is 2.47. The van der Waals surface area contributed by atoms with Crippen molar-refractivity contribution in [3.05, 3.63) is 95.6 Å². The molecule has 0 radical (unpaired) electrons. The van der Waals surface area contributed by atoms with Crippen LogP contribution in [0.1, 0.15) is 74.9 Å². The molecule has 3 aromatic rings. The quantitative estimate of drug-likeness (QED) is 0.152. The molecule has 0 spiro atoms. The maximum Gasteiger partial charge on any atom is 0.416 e. The molecule has 0 saturated carbocycles. The van der Waals surface area contributed by atoms with Gasteiger partial charge in [0.1, 0.15) is 11.3 Å².